The van der Waals surface area contributed by atoms with E-state index in [9.17, 15) is 0 Å². The van der Waals surface area contributed by atoms with Crippen molar-refractivity contribution in [3.63, 3.8) is 0 Å². The van der Waals surface area contributed by atoms with Gasteiger partial charge in [-0.25, -0.2) is 0 Å². The molecule has 16 heavy (non-hydrogen) atoms. The van der Waals surface area contributed by atoms with Crippen LogP contribution in [0.3, 0.4) is 0 Å². The Labute approximate surface area is 96.5 Å². The van der Waals surface area contributed by atoms with E-state index in [1.165, 1.54) is 22.4 Å². The van der Waals surface area contributed by atoms with Crippen molar-refractivity contribution < 1.29 is 0 Å². The van der Waals surface area contributed by atoms with Crippen molar-refractivity contribution in [1.29, 1.82) is 5.41 Å². The molecule has 0 aromatic carbocycles. The third-order valence-corrected chi connectivity index (χ3v) is 3.25. The van der Waals surface area contributed by atoms with Crippen LogP contribution in [0.25, 0.3) is 0 Å². The minimum Gasteiger partial charge on any atom is -0.365 e. The van der Waals surface area contributed by atoms with Crippen LogP contribution < -0.4 is 5.32 Å². The number of nitrogens with one attached hydrogen (secondary N) is 3. The van der Waals surface area contributed by atoms with Gasteiger partial charge in [0, 0.05) is 37.1 Å². The first-order chi connectivity index (χ1) is 7.68. The van der Waals surface area contributed by atoms with Crippen LogP contribution in [0.4, 0.5) is 0 Å². The average Bonchev–Trinajstić information content (AvgIpc) is 2.65. The smallest absolute Gasteiger partial charge is 0.0371 e. The Morgan fingerprint density at radius 3 is 2.94 bits per heavy atom. The molecule has 0 radical (unpaired) electrons. The largest absolute Gasteiger partial charge is 0.365 e. The summed E-state index contributed by atoms with van der Waals surface area (Å²) < 4.78 is 0. The summed E-state index contributed by atoms with van der Waals surface area (Å²) >= 11 is 0. The summed E-state index contributed by atoms with van der Waals surface area (Å²) in [6, 6.07) is 2.12. The average molecular weight is 217 g/mol. The quantitative estimate of drug-likeness (QED) is 0.699. The maximum atomic E-state index is 7.95. The molecule has 0 bridgehead atoms. The van der Waals surface area contributed by atoms with Gasteiger partial charge in [0.1, 0.15) is 0 Å². The first kappa shape index (κ1) is 11.1. The Morgan fingerprint density at radius 2 is 2.31 bits per heavy atom. The molecule has 1 aromatic heterocycles. The van der Waals surface area contributed by atoms with Crippen LogP contribution in [0.2, 0.25) is 0 Å². The summed E-state index contributed by atoms with van der Waals surface area (Å²) in [5.74, 6) is 0. The molecule has 1 aromatic rings. The van der Waals surface area contributed by atoms with E-state index in [2.05, 4.69) is 30.2 Å². The Bertz CT molecular complexity index is 426. The number of aromatic amines is 1. The van der Waals surface area contributed by atoms with Crippen LogP contribution >= 0.6 is 0 Å². The van der Waals surface area contributed by atoms with Crippen LogP contribution in [0.1, 0.15) is 24.6 Å². The lowest BCUT2D eigenvalue weighted by atomic mass is 9.95. The molecule has 1 fully saturated rings. The maximum absolute atomic E-state index is 7.95. The summed E-state index contributed by atoms with van der Waals surface area (Å²) in [5, 5.41) is 11.3. The van der Waals surface area contributed by atoms with Crippen LogP contribution in [-0.4, -0.2) is 23.8 Å². The fraction of sp³-hybridized carbons (Fsp3) is 0.462. The van der Waals surface area contributed by atoms with Crippen molar-refractivity contribution in [3.8, 4) is 0 Å². The lowest BCUT2D eigenvalue weighted by molar-refractivity contribution is 0.721. The molecule has 1 saturated heterocycles. The lowest BCUT2D eigenvalue weighted by Crippen LogP contribution is -2.31. The van der Waals surface area contributed by atoms with Crippen molar-refractivity contribution >= 4 is 5.71 Å². The zero-order chi connectivity index (χ0) is 11.5. The van der Waals surface area contributed by atoms with E-state index in [0.717, 1.165) is 31.6 Å². The Kier molecular flexibility index (Phi) is 3.25. The second-order valence-corrected chi connectivity index (χ2v) is 4.47. The fourth-order valence-corrected chi connectivity index (χ4v) is 2.16. The van der Waals surface area contributed by atoms with Gasteiger partial charge < -0.3 is 15.7 Å². The first-order valence-electron chi connectivity index (χ1n) is 5.78. The number of hydrogen-bond acceptors (Lipinski definition) is 2. The van der Waals surface area contributed by atoms with Gasteiger partial charge in [-0.2, -0.15) is 0 Å². The number of rotatable bonds is 2. The maximum Gasteiger partial charge on any atom is 0.0371 e. The highest BCUT2D eigenvalue weighted by atomic mass is 14.9. The van der Waals surface area contributed by atoms with Crippen LogP contribution in [0, 0.1) is 12.3 Å². The highest BCUT2D eigenvalue weighted by Gasteiger charge is 2.14. The van der Waals surface area contributed by atoms with E-state index in [1.54, 1.807) is 0 Å². The number of allylic oxidation sites excluding steroid dienone is 1. The monoisotopic (exact) mass is 217 g/mol. The lowest BCUT2D eigenvalue weighted by Gasteiger charge is -2.19. The van der Waals surface area contributed by atoms with E-state index in [4.69, 9.17) is 5.41 Å². The zero-order valence-corrected chi connectivity index (χ0v) is 9.98. The van der Waals surface area contributed by atoms with Crippen molar-refractivity contribution in [1.82, 2.24) is 10.3 Å². The summed E-state index contributed by atoms with van der Waals surface area (Å²) in [6.07, 6.45) is 3.79. The summed E-state index contributed by atoms with van der Waals surface area (Å²) in [5.41, 5.74) is 5.90. The second-order valence-electron chi connectivity index (χ2n) is 4.47. The minimum absolute atomic E-state index is 0.810. The Morgan fingerprint density at radius 1 is 1.50 bits per heavy atom. The third-order valence-electron chi connectivity index (χ3n) is 3.25. The second kappa shape index (κ2) is 4.66. The van der Waals surface area contributed by atoms with E-state index < -0.39 is 0 Å². The molecule has 3 nitrogen and oxygen atoms in total. The van der Waals surface area contributed by atoms with Gasteiger partial charge in [-0.1, -0.05) is 5.57 Å². The van der Waals surface area contributed by atoms with Crippen molar-refractivity contribution in [3.05, 3.63) is 34.7 Å². The number of aromatic nitrogens is 1. The van der Waals surface area contributed by atoms with Gasteiger partial charge in [-0.3, -0.25) is 0 Å². The van der Waals surface area contributed by atoms with Gasteiger partial charge in [0.25, 0.3) is 0 Å². The van der Waals surface area contributed by atoms with Gasteiger partial charge in [-0.05, 0) is 37.5 Å². The Balaban J connectivity index is 2.17. The molecular formula is C13H19N3. The molecule has 0 atom stereocenters. The zero-order valence-electron chi connectivity index (χ0n) is 9.98. The van der Waals surface area contributed by atoms with Crippen LogP contribution in [0.5, 0.6) is 0 Å². The van der Waals surface area contributed by atoms with Crippen molar-refractivity contribution in [2.45, 2.75) is 26.7 Å². The molecule has 2 rings (SSSR count). The number of piperidine rings is 1. The summed E-state index contributed by atoms with van der Waals surface area (Å²) in [7, 11) is 0. The Hall–Kier alpha value is -1.35. The standard InChI is InChI=1S/C13H19N3/c1-9(7-11-3-6-16-10(11)2)12-8-15-5-4-13(12)14/h3,6,14-16H,4-5,7-8H2,1-2H3/b12-9+,14-13?. The van der Waals surface area contributed by atoms with E-state index in [1.807, 2.05) is 6.20 Å². The first-order valence-corrected chi connectivity index (χ1v) is 5.78. The molecule has 2 heterocycles. The molecule has 0 aliphatic carbocycles. The van der Waals surface area contributed by atoms with E-state index >= 15 is 0 Å². The van der Waals surface area contributed by atoms with E-state index in [0.29, 0.717) is 0 Å². The molecular weight excluding hydrogens is 198 g/mol. The highest BCUT2D eigenvalue weighted by Crippen LogP contribution is 2.17. The molecule has 86 valence electrons. The molecule has 1 aliphatic rings. The molecule has 1 aliphatic heterocycles. The molecule has 0 unspecified atom stereocenters. The van der Waals surface area contributed by atoms with Crippen molar-refractivity contribution in [2.24, 2.45) is 0 Å². The number of H-pyrrole nitrogens is 1. The molecule has 3 heteroatoms. The number of aryl methyl sites for hydroxylation is 1. The SMILES string of the molecule is C/C(Cc1cc[nH]c1C)=C1/CNCCC1=N. The molecule has 3 N–H and O–H groups in total. The summed E-state index contributed by atoms with van der Waals surface area (Å²) in [6.45, 7) is 6.04. The van der Waals surface area contributed by atoms with Gasteiger partial charge in [0.15, 0.2) is 0 Å². The van der Waals surface area contributed by atoms with E-state index in [-0.39, 0.29) is 0 Å². The van der Waals surface area contributed by atoms with Gasteiger partial charge in [-0.15, -0.1) is 0 Å². The third kappa shape index (κ3) is 2.25. The van der Waals surface area contributed by atoms with Crippen LogP contribution in [0.15, 0.2) is 23.4 Å². The normalized spacial score (nSPS) is 20.0. The van der Waals surface area contributed by atoms with Gasteiger partial charge in [0.2, 0.25) is 0 Å². The predicted octanol–water partition coefficient (Wildman–Crippen LogP) is 2.20. The molecule has 0 spiro atoms. The minimum atomic E-state index is 0.810. The summed E-state index contributed by atoms with van der Waals surface area (Å²) in [4.78, 5) is 3.20. The van der Waals surface area contributed by atoms with Gasteiger partial charge in [0.05, 0.1) is 0 Å². The number of hydrogen-bond donors (Lipinski definition) is 3. The van der Waals surface area contributed by atoms with Crippen LogP contribution in [-0.2, 0) is 6.42 Å². The molecule has 0 amide bonds. The molecule has 0 saturated carbocycles. The highest BCUT2D eigenvalue weighted by molar-refractivity contribution is 5.99. The van der Waals surface area contributed by atoms with Crippen molar-refractivity contribution in [2.75, 3.05) is 13.1 Å². The predicted molar refractivity (Wildman–Crippen MR) is 67.1 cm³/mol. The fourth-order valence-electron chi connectivity index (χ4n) is 2.16. The van der Waals surface area contributed by atoms with Gasteiger partial charge >= 0.3 is 0 Å². The topological polar surface area (TPSA) is 51.7 Å².